The molecule has 0 aliphatic heterocycles. The molecule has 1 heterocycles. The number of nitrogens with zero attached hydrogens (tertiary/aromatic N) is 2. The predicted molar refractivity (Wildman–Crippen MR) is 87.0 cm³/mol. The minimum Gasteiger partial charge on any atom is -0.465 e. The third-order valence-corrected chi connectivity index (χ3v) is 4.33. The van der Waals surface area contributed by atoms with Crippen molar-refractivity contribution in [2.45, 2.75) is 44.1 Å². The molecule has 114 valence electrons. The van der Waals surface area contributed by atoms with E-state index in [2.05, 4.69) is 16.5 Å². The second-order valence-corrected chi connectivity index (χ2v) is 6.44. The molecule has 1 atom stereocenters. The van der Waals surface area contributed by atoms with Gasteiger partial charge in [0, 0.05) is 11.6 Å². The number of ether oxygens (including phenoxy) is 1. The van der Waals surface area contributed by atoms with Gasteiger partial charge in [-0.2, -0.15) is 0 Å². The van der Waals surface area contributed by atoms with Crippen molar-refractivity contribution in [3.8, 4) is 0 Å². The number of carbonyl (C=O) groups excluding carboxylic acids is 1. The lowest BCUT2D eigenvalue weighted by atomic mass is 10.3. The first kappa shape index (κ1) is 16.2. The Labute approximate surface area is 133 Å². The Morgan fingerprint density at radius 1 is 1.48 bits per heavy atom. The van der Waals surface area contributed by atoms with Gasteiger partial charge >= 0.3 is 5.97 Å². The first-order chi connectivity index (χ1) is 10.1. The molecule has 1 aromatic carbocycles. The van der Waals surface area contributed by atoms with Crippen LogP contribution in [0.5, 0.6) is 0 Å². The normalized spacial score (nSPS) is 12.6. The Kier molecular flexibility index (Phi) is 5.53. The molecular formula is C15H19ClN2O2S. The van der Waals surface area contributed by atoms with E-state index in [0.717, 1.165) is 29.2 Å². The van der Waals surface area contributed by atoms with Crippen LogP contribution in [-0.2, 0) is 16.1 Å². The summed E-state index contributed by atoms with van der Waals surface area (Å²) in [5.41, 5.74) is 1.90. The number of halogens is 1. The maximum Gasteiger partial charge on any atom is 0.319 e. The van der Waals surface area contributed by atoms with E-state index in [4.69, 9.17) is 16.3 Å². The third kappa shape index (κ3) is 3.71. The molecule has 0 amide bonds. The van der Waals surface area contributed by atoms with Gasteiger partial charge in [0.05, 0.1) is 17.6 Å². The summed E-state index contributed by atoms with van der Waals surface area (Å²) in [6, 6.07) is 5.68. The zero-order valence-electron chi connectivity index (χ0n) is 12.4. The molecule has 0 fully saturated rings. The smallest absolute Gasteiger partial charge is 0.319 e. The van der Waals surface area contributed by atoms with Crippen molar-refractivity contribution in [2.24, 2.45) is 0 Å². The maximum absolute atomic E-state index is 11.8. The molecule has 2 aromatic rings. The van der Waals surface area contributed by atoms with E-state index < -0.39 is 0 Å². The van der Waals surface area contributed by atoms with Gasteiger partial charge in [0.25, 0.3) is 0 Å². The quantitative estimate of drug-likeness (QED) is 0.591. The fourth-order valence-electron chi connectivity index (χ4n) is 2.08. The largest absolute Gasteiger partial charge is 0.465 e. The minimum absolute atomic E-state index is 0.212. The molecule has 1 aromatic heterocycles. The van der Waals surface area contributed by atoms with Crippen molar-refractivity contribution < 1.29 is 9.53 Å². The molecule has 0 radical (unpaired) electrons. The third-order valence-electron chi connectivity index (χ3n) is 3.02. The van der Waals surface area contributed by atoms with Crippen LogP contribution >= 0.6 is 23.4 Å². The second-order valence-electron chi connectivity index (χ2n) is 4.69. The lowest BCUT2D eigenvalue weighted by Gasteiger charge is -2.11. The van der Waals surface area contributed by atoms with Crippen LogP contribution in [0.25, 0.3) is 11.0 Å². The van der Waals surface area contributed by atoms with Gasteiger partial charge in [-0.15, -0.1) is 0 Å². The van der Waals surface area contributed by atoms with E-state index in [-0.39, 0.29) is 11.2 Å². The number of aryl methyl sites for hydroxylation is 1. The summed E-state index contributed by atoms with van der Waals surface area (Å²) >= 11 is 7.45. The van der Waals surface area contributed by atoms with E-state index in [1.54, 1.807) is 0 Å². The van der Waals surface area contributed by atoms with Crippen LogP contribution in [0.3, 0.4) is 0 Å². The van der Waals surface area contributed by atoms with Crippen molar-refractivity contribution in [3.05, 3.63) is 23.2 Å². The summed E-state index contributed by atoms with van der Waals surface area (Å²) in [5.74, 6) is -0.212. The Morgan fingerprint density at radius 3 is 2.90 bits per heavy atom. The van der Waals surface area contributed by atoms with Crippen molar-refractivity contribution >= 4 is 40.4 Å². The van der Waals surface area contributed by atoms with Crippen molar-refractivity contribution in [1.29, 1.82) is 0 Å². The fourth-order valence-corrected chi connectivity index (χ4v) is 3.19. The van der Waals surface area contributed by atoms with Gasteiger partial charge in [-0.3, -0.25) is 4.79 Å². The SMILES string of the molecule is CCCn1c(SC(C)C(=O)OCC)nc2cc(Cl)ccc21. The highest BCUT2D eigenvalue weighted by atomic mass is 35.5. The van der Waals surface area contributed by atoms with Gasteiger partial charge in [0.1, 0.15) is 5.25 Å². The molecule has 0 aliphatic rings. The number of thioether (sulfide) groups is 1. The highest BCUT2D eigenvalue weighted by Gasteiger charge is 2.20. The average molecular weight is 327 g/mol. The Balaban J connectivity index is 2.33. The Bertz CT molecular complexity index is 642. The van der Waals surface area contributed by atoms with E-state index in [9.17, 15) is 4.79 Å². The summed E-state index contributed by atoms with van der Waals surface area (Å²) in [5, 5.41) is 1.21. The molecule has 0 aliphatic carbocycles. The number of carbonyl (C=O) groups is 1. The molecule has 0 saturated carbocycles. The highest BCUT2D eigenvalue weighted by molar-refractivity contribution is 8.00. The number of aromatic nitrogens is 2. The van der Waals surface area contributed by atoms with Crippen molar-refractivity contribution in [3.63, 3.8) is 0 Å². The Hall–Kier alpha value is -1.20. The van der Waals surface area contributed by atoms with Crippen LogP contribution in [0, 0.1) is 0 Å². The van der Waals surface area contributed by atoms with Crippen LogP contribution in [0.1, 0.15) is 27.2 Å². The zero-order valence-corrected chi connectivity index (χ0v) is 14.0. The van der Waals surface area contributed by atoms with E-state index >= 15 is 0 Å². The van der Waals surface area contributed by atoms with Crippen LogP contribution in [0.15, 0.2) is 23.4 Å². The van der Waals surface area contributed by atoms with E-state index in [0.29, 0.717) is 11.6 Å². The summed E-state index contributed by atoms with van der Waals surface area (Å²) in [6.07, 6.45) is 0.995. The topological polar surface area (TPSA) is 44.1 Å². The average Bonchev–Trinajstić information content (AvgIpc) is 2.76. The van der Waals surface area contributed by atoms with Crippen LogP contribution < -0.4 is 0 Å². The zero-order chi connectivity index (χ0) is 15.4. The molecule has 1 unspecified atom stereocenters. The molecule has 0 saturated heterocycles. The number of hydrogen-bond donors (Lipinski definition) is 0. The van der Waals surface area contributed by atoms with E-state index in [1.807, 2.05) is 32.0 Å². The monoisotopic (exact) mass is 326 g/mol. The first-order valence-electron chi connectivity index (χ1n) is 7.05. The molecule has 4 nitrogen and oxygen atoms in total. The molecule has 0 N–H and O–H groups in total. The van der Waals surface area contributed by atoms with Gasteiger partial charge in [-0.25, -0.2) is 4.98 Å². The van der Waals surface area contributed by atoms with Crippen LogP contribution in [-0.4, -0.2) is 27.4 Å². The molecule has 6 heteroatoms. The minimum atomic E-state index is -0.284. The van der Waals surface area contributed by atoms with Crippen LogP contribution in [0.4, 0.5) is 0 Å². The number of benzene rings is 1. The summed E-state index contributed by atoms with van der Waals surface area (Å²) < 4.78 is 7.18. The molecule has 21 heavy (non-hydrogen) atoms. The Morgan fingerprint density at radius 2 is 2.24 bits per heavy atom. The van der Waals surface area contributed by atoms with Crippen LogP contribution in [0.2, 0.25) is 5.02 Å². The predicted octanol–water partition coefficient (Wildman–Crippen LogP) is 4.14. The van der Waals surface area contributed by atoms with Gasteiger partial charge < -0.3 is 9.30 Å². The fraction of sp³-hybridized carbons (Fsp3) is 0.467. The standard InChI is InChI=1S/C15H19ClN2O2S/c1-4-8-18-13-7-6-11(16)9-12(13)17-15(18)21-10(3)14(19)20-5-2/h6-7,9-10H,4-5,8H2,1-3H3. The summed E-state index contributed by atoms with van der Waals surface area (Å²) in [7, 11) is 0. The highest BCUT2D eigenvalue weighted by Crippen LogP contribution is 2.29. The molecule has 0 bridgehead atoms. The molecule has 0 spiro atoms. The molecule has 2 rings (SSSR count). The van der Waals surface area contributed by atoms with Gasteiger partial charge in [-0.05, 0) is 38.5 Å². The maximum atomic E-state index is 11.8. The summed E-state index contributed by atoms with van der Waals surface area (Å²) in [4.78, 5) is 16.4. The van der Waals surface area contributed by atoms with Crippen molar-refractivity contribution in [1.82, 2.24) is 9.55 Å². The van der Waals surface area contributed by atoms with Crippen molar-refractivity contribution in [2.75, 3.05) is 6.61 Å². The summed E-state index contributed by atoms with van der Waals surface area (Å²) in [6.45, 7) is 7.01. The number of imidazole rings is 1. The number of rotatable bonds is 6. The lowest BCUT2D eigenvalue weighted by Crippen LogP contribution is -2.17. The van der Waals surface area contributed by atoms with Gasteiger partial charge in [-0.1, -0.05) is 30.3 Å². The first-order valence-corrected chi connectivity index (χ1v) is 8.31. The van der Waals surface area contributed by atoms with Gasteiger partial charge in [0.15, 0.2) is 5.16 Å². The number of fused-ring (bicyclic) bond motifs is 1. The van der Waals surface area contributed by atoms with Gasteiger partial charge in [0.2, 0.25) is 0 Å². The lowest BCUT2D eigenvalue weighted by molar-refractivity contribution is -0.142. The number of hydrogen-bond acceptors (Lipinski definition) is 4. The van der Waals surface area contributed by atoms with E-state index in [1.165, 1.54) is 11.8 Å². The number of esters is 1. The second kappa shape index (κ2) is 7.18. The molecular weight excluding hydrogens is 308 g/mol.